The smallest absolute Gasteiger partial charge is 0.239 e. The lowest BCUT2D eigenvalue weighted by Crippen LogP contribution is -2.49. The third kappa shape index (κ3) is 3.21. The summed E-state index contributed by atoms with van der Waals surface area (Å²) < 4.78 is 5.20. The van der Waals surface area contributed by atoms with Gasteiger partial charge in [-0.15, -0.1) is 0 Å². The first-order chi connectivity index (χ1) is 8.66. The number of carbonyl (C=O) groups is 1. The summed E-state index contributed by atoms with van der Waals surface area (Å²) in [5, 5.41) is 9.18. The van der Waals surface area contributed by atoms with Gasteiger partial charge >= 0.3 is 0 Å². The van der Waals surface area contributed by atoms with Gasteiger partial charge in [0.2, 0.25) is 5.91 Å². The summed E-state index contributed by atoms with van der Waals surface area (Å²) in [6.45, 7) is 2.39. The summed E-state index contributed by atoms with van der Waals surface area (Å²) in [4.78, 5) is 13.8. The maximum absolute atomic E-state index is 12.1. The summed E-state index contributed by atoms with van der Waals surface area (Å²) in [7, 11) is 0. The molecule has 0 spiro atoms. The zero-order valence-electron chi connectivity index (χ0n) is 10.2. The lowest BCUT2D eigenvalue weighted by atomic mass is 10.1. The Bertz CT molecular complexity index is 399. The van der Waals surface area contributed by atoms with Crippen LogP contribution in [0.3, 0.4) is 0 Å². The fourth-order valence-corrected chi connectivity index (χ4v) is 1.99. The molecule has 5 nitrogen and oxygen atoms in total. The first-order valence-electron chi connectivity index (χ1n) is 6.07. The molecule has 1 saturated heterocycles. The van der Waals surface area contributed by atoms with Crippen LogP contribution in [0.2, 0.25) is 0 Å². The number of amides is 1. The first kappa shape index (κ1) is 12.9. The number of hydrogen-bond donors (Lipinski definition) is 2. The molecule has 3 N–H and O–H groups in total. The number of hydrogen-bond acceptors (Lipinski definition) is 4. The SMILES string of the molecule is N[C@@H](Cc1ccc(O)cc1)C(=O)N1CCOCC1. The van der Waals surface area contributed by atoms with E-state index in [1.807, 2.05) is 0 Å². The Labute approximate surface area is 106 Å². The molecule has 2 rings (SSSR count). The number of phenolic OH excluding ortho intramolecular Hbond substituents is 1. The molecule has 0 aliphatic carbocycles. The minimum Gasteiger partial charge on any atom is -0.508 e. The van der Waals surface area contributed by atoms with Crippen molar-refractivity contribution in [1.82, 2.24) is 4.90 Å². The number of carbonyl (C=O) groups excluding carboxylic acids is 1. The van der Waals surface area contributed by atoms with Crippen LogP contribution in [0.5, 0.6) is 5.75 Å². The number of nitrogens with zero attached hydrogens (tertiary/aromatic N) is 1. The average Bonchev–Trinajstić information content (AvgIpc) is 2.41. The Balaban J connectivity index is 1.92. The second-order valence-electron chi connectivity index (χ2n) is 4.41. The van der Waals surface area contributed by atoms with Crippen molar-refractivity contribution >= 4 is 5.91 Å². The molecule has 1 aliphatic heterocycles. The Morgan fingerprint density at radius 3 is 2.56 bits per heavy atom. The van der Waals surface area contributed by atoms with Crippen molar-refractivity contribution < 1.29 is 14.6 Å². The maximum atomic E-state index is 12.1. The van der Waals surface area contributed by atoms with Crippen molar-refractivity contribution in [2.75, 3.05) is 26.3 Å². The quantitative estimate of drug-likeness (QED) is 0.799. The van der Waals surface area contributed by atoms with Gasteiger partial charge in [0.25, 0.3) is 0 Å². The molecule has 1 fully saturated rings. The van der Waals surface area contributed by atoms with Gasteiger partial charge in [-0.3, -0.25) is 4.79 Å². The normalized spacial score (nSPS) is 17.5. The standard InChI is InChI=1S/C13H18N2O3/c14-12(9-10-1-3-11(16)4-2-10)13(17)15-5-7-18-8-6-15/h1-4,12,16H,5-9,14H2/t12-/m0/s1. The van der Waals surface area contributed by atoms with Gasteiger partial charge in [0, 0.05) is 13.1 Å². The van der Waals surface area contributed by atoms with Crippen LogP contribution in [0, 0.1) is 0 Å². The summed E-state index contributed by atoms with van der Waals surface area (Å²) in [6.07, 6.45) is 0.483. The average molecular weight is 250 g/mol. The lowest BCUT2D eigenvalue weighted by Gasteiger charge is -2.29. The van der Waals surface area contributed by atoms with Crippen LogP contribution in [-0.2, 0) is 16.0 Å². The van der Waals surface area contributed by atoms with E-state index in [-0.39, 0.29) is 11.7 Å². The van der Waals surface area contributed by atoms with E-state index in [9.17, 15) is 9.90 Å². The molecule has 0 aromatic heterocycles. The molecule has 0 radical (unpaired) electrons. The molecule has 5 heteroatoms. The molecule has 18 heavy (non-hydrogen) atoms. The molecule has 1 aromatic carbocycles. The van der Waals surface area contributed by atoms with E-state index in [1.165, 1.54) is 0 Å². The Morgan fingerprint density at radius 1 is 1.33 bits per heavy atom. The maximum Gasteiger partial charge on any atom is 0.239 e. The molecular weight excluding hydrogens is 232 g/mol. The predicted molar refractivity (Wildman–Crippen MR) is 67.2 cm³/mol. The number of benzene rings is 1. The van der Waals surface area contributed by atoms with Crippen molar-refractivity contribution in [2.24, 2.45) is 5.73 Å². The number of rotatable bonds is 3. The molecule has 1 aliphatic rings. The van der Waals surface area contributed by atoms with Crippen molar-refractivity contribution in [3.8, 4) is 5.75 Å². The van der Waals surface area contributed by atoms with Crippen molar-refractivity contribution in [3.05, 3.63) is 29.8 Å². The van der Waals surface area contributed by atoms with Gasteiger partial charge in [0.1, 0.15) is 5.75 Å². The molecule has 0 unspecified atom stereocenters. The molecule has 1 aromatic rings. The van der Waals surface area contributed by atoms with Crippen LogP contribution < -0.4 is 5.73 Å². The van der Waals surface area contributed by atoms with Crippen molar-refractivity contribution in [1.29, 1.82) is 0 Å². The molecular formula is C13H18N2O3. The zero-order valence-corrected chi connectivity index (χ0v) is 10.2. The van der Waals surface area contributed by atoms with E-state index in [4.69, 9.17) is 10.5 Å². The molecule has 1 atom stereocenters. The van der Waals surface area contributed by atoms with Crippen molar-refractivity contribution in [2.45, 2.75) is 12.5 Å². The van der Waals surface area contributed by atoms with Gasteiger partial charge in [-0.2, -0.15) is 0 Å². The number of nitrogens with two attached hydrogens (primary N) is 1. The van der Waals surface area contributed by atoms with Gasteiger partial charge < -0.3 is 20.5 Å². The van der Waals surface area contributed by atoms with Crippen LogP contribution in [0.15, 0.2) is 24.3 Å². The number of aromatic hydroxyl groups is 1. The highest BCUT2D eigenvalue weighted by molar-refractivity contribution is 5.82. The lowest BCUT2D eigenvalue weighted by molar-refractivity contribution is -0.136. The predicted octanol–water partition coefficient (Wildman–Crippen LogP) is 0.121. The van der Waals surface area contributed by atoms with E-state index in [2.05, 4.69) is 0 Å². The number of morpholine rings is 1. The van der Waals surface area contributed by atoms with Crippen LogP contribution in [0.25, 0.3) is 0 Å². The summed E-state index contributed by atoms with van der Waals surface area (Å²) in [6, 6.07) is 6.22. The fourth-order valence-electron chi connectivity index (χ4n) is 1.99. The second-order valence-corrected chi connectivity index (χ2v) is 4.41. The van der Waals surface area contributed by atoms with Crippen LogP contribution >= 0.6 is 0 Å². The van der Waals surface area contributed by atoms with E-state index < -0.39 is 6.04 Å². The van der Waals surface area contributed by atoms with Crippen LogP contribution in [-0.4, -0.2) is 48.3 Å². The molecule has 0 saturated carbocycles. The molecule has 1 amide bonds. The minimum atomic E-state index is -0.535. The third-order valence-electron chi connectivity index (χ3n) is 3.03. The highest BCUT2D eigenvalue weighted by atomic mass is 16.5. The second kappa shape index (κ2) is 5.84. The van der Waals surface area contributed by atoms with Crippen LogP contribution in [0.1, 0.15) is 5.56 Å². The third-order valence-corrected chi connectivity index (χ3v) is 3.03. The van der Waals surface area contributed by atoms with Crippen molar-refractivity contribution in [3.63, 3.8) is 0 Å². The number of ether oxygens (including phenoxy) is 1. The van der Waals surface area contributed by atoms with Crippen LogP contribution in [0.4, 0.5) is 0 Å². The Morgan fingerprint density at radius 2 is 1.94 bits per heavy atom. The van der Waals surface area contributed by atoms with Gasteiger partial charge in [-0.25, -0.2) is 0 Å². The largest absolute Gasteiger partial charge is 0.508 e. The summed E-state index contributed by atoms with van der Waals surface area (Å²) in [5.41, 5.74) is 6.87. The van der Waals surface area contributed by atoms with E-state index >= 15 is 0 Å². The zero-order chi connectivity index (χ0) is 13.0. The summed E-state index contributed by atoms with van der Waals surface area (Å²) >= 11 is 0. The van der Waals surface area contributed by atoms with E-state index in [1.54, 1.807) is 29.2 Å². The summed E-state index contributed by atoms with van der Waals surface area (Å²) in [5.74, 6) is 0.179. The fraction of sp³-hybridized carbons (Fsp3) is 0.462. The Kier molecular flexibility index (Phi) is 4.17. The Hall–Kier alpha value is -1.59. The molecule has 0 bridgehead atoms. The first-order valence-corrected chi connectivity index (χ1v) is 6.07. The van der Waals surface area contributed by atoms with Gasteiger partial charge in [-0.1, -0.05) is 12.1 Å². The van der Waals surface area contributed by atoms with E-state index in [0.717, 1.165) is 5.56 Å². The highest BCUT2D eigenvalue weighted by Gasteiger charge is 2.22. The topological polar surface area (TPSA) is 75.8 Å². The molecule has 98 valence electrons. The van der Waals surface area contributed by atoms with E-state index in [0.29, 0.717) is 32.7 Å². The molecule has 1 heterocycles. The minimum absolute atomic E-state index is 0.0358. The van der Waals surface area contributed by atoms with Gasteiger partial charge in [0.15, 0.2) is 0 Å². The van der Waals surface area contributed by atoms with Gasteiger partial charge in [-0.05, 0) is 24.1 Å². The van der Waals surface area contributed by atoms with Gasteiger partial charge in [0.05, 0.1) is 19.3 Å². The monoisotopic (exact) mass is 250 g/mol. The number of phenols is 1. The highest BCUT2D eigenvalue weighted by Crippen LogP contribution is 2.12.